The van der Waals surface area contributed by atoms with Crippen molar-refractivity contribution in [2.45, 2.75) is 17.7 Å². The number of hydrogen-bond acceptors (Lipinski definition) is 5. The van der Waals surface area contributed by atoms with Gasteiger partial charge in [0.2, 0.25) is 10.0 Å². The molecule has 1 aliphatic rings. The van der Waals surface area contributed by atoms with Crippen LogP contribution < -0.4 is 9.62 Å². The summed E-state index contributed by atoms with van der Waals surface area (Å²) in [6.07, 6.45) is 3.35. The number of hydrogen-bond donors (Lipinski definition) is 1. The highest BCUT2D eigenvalue weighted by Crippen LogP contribution is 2.24. The number of pyridine rings is 1. The molecule has 0 amide bonds. The highest BCUT2D eigenvalue weighted by Gasteiger charge is 2.23. The molecule has 0 bridgehead atoms. The summed E-state index contributed by atoms with van der Waals surface area (Å²) in [7, 11) is -3.56. The first kappa shape index (κ1) is 18.6. The number of nitrogens with one attached hydrogen (secondary N) is 1. The second-order valence-corrected chi connectivity index (χ2v) is 8.43. The van der Waals surface area contributed by atoms with Gasteiger partial charge in [-0.05, 0) is 49.1 Å². The summed E-state index contributed by atoms with van der Waals surface area (Å²) in [5.74, 6) is 0.947. The summed E-state index contributed by atoms with van der Waals surface area (Å²) < 4.78 is 27.4. The summed E-state index contributed by atoms with van der Waals surface area (Å²) in [5.41, 5.74) is 0.563. The van der Waals surface area contributed by atoms with Gasteiger partial charge in [0.05, 0.1) is 10.5 Å². The minimum absolute atomic E-state index is 0.176. The fourth-order valence-corrected chi connectivity index (χ4v) is 4.45. The Labute approximate surface area is 158 Å². The van der Waals surface area contributed by atoms with E-state index in [1.807, 2.05) is 0 Å². The molecule has 1 aromatic carbocycles. The van der Waals surface area contributed by atoms with E-state index in [4.69, 9.17) is 11.6 Å². The lowest BCUT2D eigenvalue weighted by Gasteiger charge is -2.33. The number of nitrogens with zero attached hydrogens (tertiary/aromatic N) is 3. The summed E-state index contributed by atoms with van der Waals surface area (Å²) in [6, 6.07) is 11.9. The Morgan fingerprint density at radius 1 is 1.27 bits per heavy atom. The van der Waals surface area contributed by atoms with Crippen LogP contribution in [-0.2, 0) is 10.0 Å². The van der Waals surface area contributed by atoms with Gasteiger partial charge in [-0.3, -0.25) is 0 Å². The Morgan fingerprint density at radius 2 is 2.04 bits per heavy atom. The second kappa shape index (κ2) is 8.04. The van der Waals surface area contributed by atoms with Gasteiger partial charge in [-0.15, -0.1) is 0 Å². The van der Waals surface area contributed by atoms with Crippen LogP contribution in [0, 0.1) is 17.2 Å². The van der Waals surface area contributed by atoms with Crippen molar-refractivity contribution in [3.63, 3.8) is 0 Å². The molecule has 1 aromatic heterocycles. The Balaban J connectivity index is 1.57. The highest BCUT2D eigenvalue weighted by molar-refractivity contribution is 7.89. The van der Waals surface area contributed by atoms with Crippen LogP contribution in [0.5, 0.6) is 0 Å². The monoisotopic (exact) mass is 390 g/mol. The average molecular weight is 391 g/mol. The normalized spacial score (nSPS) is 15.6. The molecule has 6 nitrogen and oxygen atoms in total. The number of anilines is 1. The number of rotatable bonds is 5. The van der Waals surface area contributed by atoms with Gasteiger partial charge in [-0.25, -0.2) is 18.1 Å². The molecule has 1 saturated heterocycles. The molecule has 0 unspecified atom stereocenters. The number of aromatic nitrogens is 1. The molecule has 0 radical (unpaired) electrons. The lowest BCUT2D eigenvalue weighted by atomic mass is 9.97. The van der Waals surface area contributed by atoms with Crippen molar-refractivity contribution < 1.29 is 8.42 Å². The molecular formula is C18H19ClN4O2S. The summed E-state index contributed by atoms with van der Waals surface area (Å²) in [5, 5.41) is 9.59. The van der Waals surface area contributed by atoms with Crippen molar-refractivity contribution >= 4 is 27.4 Å². The van der Waals surface area contributed by atoms with E-state index >= 15 is 0 Å². The predicted octanol–water partition coefficient (Wildman–Crippen LogP) is 2.80. The summed E-state index contributed by atoms with van der Waals surface area (Å²) in [6.45, 7) is 1.88. The largest absolute Gasteiger partial charge is 0.356 e. The quantitative estimate of drug-likeness (QED) is 0.848. The molecule has 0 spiro atoms. The zero-order valence-corrected chi connectivity index (χ0v) is 15.7. The van der Waals surface area contributed by atoms with Gasteiger partial charge in [0.15, 0.2) is 0 Å². The first-order valence-electron chi connectivity index (χ1n) is 8.35. The van der Waals surface area contributed by atoms with Crippen molar-refractivity contribution in [3.05, 3.63) is 53.2 Å². The van der Waals surface area contributed by atoms with Crippen molar-refractivity contribution in [2.75, 3.05) is 24.5 Å². The fraction of sp³-hybridized carbons (Fsp3) is 0.333. The topological polar surface area (TPSA) is 86.1 Å². The maximum Gasteiger partial charge on any atom is 0.240 e. The molecule has 0 atom stereocenters. The number of sulfonamides is 1. The van der Waals surface area contributed by atoms with Crippen LogP contribution in [0.4, 0.5) is 5.82 Å². The number of piperidine rings is 1. The standard InChI is InChI=1S/C18H19ClN4O2S/c19-16-4-1-5-17(11-16)26(24,25)22-13-14-6-9-23(10-7-14)18-15(12-20)3-2-8-21-18/h1-5,8,11,14,22H,6-7,9-10,13H2. The van der Waals surface area contributed by atoms with E-state index in [1.165, 1.54) is 12.1 Å². The van der Waals surface area contributed by atoms with Gasteiger partial charge in [-0.1, -0.05) is 17.7 Å². The van der Waals surface area contributed by atoms with Crippen LogP contribution in [0.2, 0.25) is 5.02 Å². The van der Waals surface area contributed by atoms with Gasteiger partial charge in [0.1, 0.15) is 11.9 Å². The Bertz CT molecular complexity index is 919. The van der Waals surface area contributed by atoms with E-state index in [9.17, 15) is 13.7 Å². The molecule has 136 valence electrons. The summed E-state index contributed by atoms with van der Waals surface area (Å²) >= 11 is 5.87. The minimum Gasteiger partial charge on any atom is -0.356 e. The lowest BCUT2D eigenvalue weighted by Crippen LogP contribution is -2.39. The number of nitriles is 1. The lowest BCUT2D eigenvalue weighted by molar-refractivity contribution is 0.400. The molecule has 3 rings (SSSR count). The van der Waals surface area contributed by atoms with Gasteiger partial charge >= 0.3 is 0 Å². The van der Waals surface area contributed by atoms with E-state index in [0.29, 0.717) is 22.9 Å². The van der Waals surface area contributed by atoms with Crippen LogP contribution in [0.1, 0.15) is 18.4 Å². The molecule has 2 aromatic rings. The maximum atomic E-state index is 12.4. The van der Waals surface area contributed by atoms with Crippen LogP contribution in [0.25, 0.3) is 0 Å². The van der Waals surface area contributed by atoms with Crippen molar-refractivity contribution in [1.82, 2.24) is 9.71 Å². The fourth-order valence-electron chi connectivity index (χ4n) is 3.03. The number of benzene rings is 1. The molecule has 8 heteroatoms. The SMILES string of the molecule is N#Cc1cccnc1N1CCC(CNS(=O)(=O)c2cccc(Cl)c2)CC1. The van der Waals surface area contributed by atoms with E-state index in [-0.39, 0.29) is 10.8 Å². The highest BCUT2D eigenvalue weighted by atomic mass is 35.5. The minimum atomic E-state index is -3.56. The van der Waals surface area contributed by atoms with Gasteiger partial charge < -0.3 is 4.90 Å². The van der Waals surface area contributed by atoms with Crippen molar-refractivity contribution in [3.8, 4) is 6.07 Å². The molecule has 1 fully saturated rings. The van der Waals surface area contributed by atoms with Crippen LogP contribution in [0.3, 0.4) is 0 Å². The Hall–Kier alpha value is -2.14. The van der Waals surface area contributed by atoms with E-state index in [1.54, 1.807) is 30.5 Å². The molecular weight excluding hydrogens is 372 g/mol. The van der Waals surface area contributed by atoms with Crippen LogP contribution in [0.15, 0.2) is 47.5 Å². The third kappa shape index (κ3) is 4.33. The molecule has 0 saturated carbocycles. The first-order valence-corrected chi connectivity index (χ1v) is 10.2. The third-order valence-corrected chi connectivity index (χ3v) is 6.15. The predicted molar refractivity (Wildman–Crippen MR) is 101 cm³/mol. The molecule has 1 N–H and O–H groups in total. The maximum absolute atomic E-state index is 12.4. The molecule has 1 aliphatic heterocycles. The van der Waals surface area contributed by atoms with Gasteiger partial charge in [0.25, 0.3) is 0 Å². The molecule has 26 heavy (non-hydrogen) atoms. The van der Waals surface area contributed by atoms with E-state index in [0.717, 1.165) is 25.9 Å². The van der Waals surface area contributed by atoms with Crippen LogP contribution in [-0.4, -0.2) is 33.0 Å². The zero-order valence-electron chi connectivity index (χ0n) is 14.1. The molecule has 0 aliphatic carbocycles. The second-order valence-electron chi connectivity index (χ2n) is 6.23. The first-order chi connectivity index (χ1) is 12.5. The molecule has 2 heterocycles. The Kier molecular flexibility index (Phi) is 5.77. The van der Waals surface area contributed by atoms with Crippen molar-refractivity contribution in [1.29, 1.82) is 5.26 Å². The van der Waals surface area contributed by atoms with Crippen molar-refractivity contribution in [2.24, 2.45) is 5.92 Å². The van der Waals surface area contributed by atoms with E-state index < -0.39 is 10.0 Å². The summed E-state index contributed by atoms with van der Waals surface area (Å²) in [4.78, 5) is 6.57. The smallest absolute Gasteiger partial charge is 0.240 e. The average Bonchev–Trinajstić information content (AvgIpc) is 2.67. The van der Waals surface area contributed by atoms with Crippen LogP contribution >= 0.6 is 11.6 Å². The third-order valence-electron chi connectivity index (χ3n) is 4.49. The van der Waals surface area contributed by atoms with Gasteiger partial charge in [-0.2, -0.15) is 5.26 Å². The van der Waals surface area contributed by atoms with Gasteiger partial charge in [0, 0.05) is 30.9 Å². The van der Waals surface area contributed by atoms with E-state index in [2.05, 4.69) is 20.7 Å². The number of halogens is 1. The Morgan fingerprint density at radius 3 is 2.73 bits per heavy atom. The zero-order chi connectivity index (χ0) is 18.6.